The van der Waals surface area contributed by atoms with Gasteiger partial charge in [-0.3, -0.25) is 9.36 Å². The summed E-state index contributed by atoms with van der Waals surface area (Å²) in [6, 6.07) is -0.934. The summed E-state index contributed by atoms with van der Waals surface area (Å²) < 4.78 is 42.2. The predicted octanol–water partition coefficient (Wildman–Crippen LogP) is 12.6. The molecule has 0 radical (unpaired) electrons. The van der Waals surface area contributed by atoms with Crippen LogP contribution in [0, 0.1) is 142 Å². The molecule has 1 fully saturated rings. The van der Waals surface area contributed by atoms with Crippen molar-refractivity contribution in [2.45, 2.75) is 182 Å². The van der Waals surface area contributed by atoms with Gasteiger partial charge in [-0.15, -0.1) is 0 Å². The van der Waals surface area contributed by atoms with Gasteiger partial charge in [0.1, 0.15) is 12.2 Å². The van der Waals surface area contributed by atoms with Gasteiger partial charge < -0.3 is 38.6 Å². The van der Waals surface area contributed by atoms with E-state index in [4.69, 9.17) is 23.3 Å². The molecule has 10 nitrogen and oxygen atoms in total. The van der Waals surface area contributed by atoms with Gasteiger partial charge in [0.25, 0.3) is 5.91 Å². The average Bonchev–Trinajstić information content (AvgIpc) is 3.70. The normalized spacial score (nSPS) is 14.1. The number of rotatable bonds is 27. The van der Waals surface area contributed by atoms with Gasteiger partial charge in [0, 0.05) is 82.3 Å². The van der Waals surface area contributed by atoms with Crippen molar-refractivity contribution < 1.29 is 76.9 Å². The lowest BCUT2D eigenvalue weighted by Crippen LogP contribution is -3.11. The second kappa shape index (κ2) is 44.1. The molecule has 426 valence electrons. The molecule has 1 heterocycles. The van der Waals surface area contributed by atoms with Crippen LogP contribution in [0.4, 0.5) is 0 Å². The van der Waals surface area contributed by atoms with Crippen LogP contribution in [0.3, 0.4) is 0 Å². The number of aliphatic hydroxyl groups excluding tert-OH is 1. The zero-order valence-electron chi connectivity index (χ0n) is 44.1. The maximum absolute atomic E-state index is 13.4. The number of unbranched alkanes of at least 4 members (excludes halogenated alkanes) is 11. The fourth-order valence-corrected chi connectivity index (χ4v) is 7.33. The molecule has 0 aromatic rings. The van der Waals surface area contributed by atoms with E-state index in [0.29, 0.717) is 6.42 Å². The van der Waals surface area contributed by atoms with Crippen molar-refractivity contribution in [2.24, 2.45) is 0 Å². The second-order valence-corrected chi connectivity index (χ2v) is 18.8. The number of carbonyl (C=O) groups is 1. The number of hydrogen-bond acceptors (Lipinski definition) is 8. The van der Waals surface area contributed by atoms with E-state index in [1.54, 1.807) is 25.7 Å². The van der Waals surface area contributed by atoms with E-state index in [0.717, 1.165) is 25.7 Å². The third kappa shape index (κ3) is 40.6. The minimum Gasteiger partial charge on any atom is -0.390 e. The van der Waals surface area contributed by atoms with Gasteiger partial charge in [-0.1, -0.05) is 89.9 Å². The molecule has 1 rings (SSSR count). The maximum Gasteiger partial charge on any atom is 0.327 e. The van der Waals surface area contributed by atoms with Crippen LogP contribution in [0.2, 0.25) is 0 Å². The Kier molecular flexibility index (Phi) is 40.5. The van der Waals surface area contributed by atoms with Crippen LogP contribution in [0.15, 0.2) is 0 Å². The summed E-state index contributed by atoms with van der Waals surface area (Å²) in [5.41, 5.74) is 0. The summed E-state index contributed by atoms with van der Waals surface area (Å²) in [6.45, 7) is 23.0. The first-order valence-corrected chi connectivity index (χ1v) is 26.8. The first-order valence-electron chi connectivity index (χ1n) is 24.8. The molecule has 0 saturated carbocycles. The Morgan fingerprint density at radius 2 is 1.08 bits per heavy atom. The van der Waals surface area contributed by atoms with Crippen molar-refractivity contribution in [3.05, 3.63) is 0 Å². The predicted molar refractivity (Wildman–Crippen MR) is 336 cm³/mol. The van der Waals surface area contributed by atoms with E-state index in [1.807, 2.05) is 13.8 Å². The molecule has 0 spiro atoms. The van der Waals surface area contributed by atoms with Crippen LogP contribution in [0.25, 0.3) is 0 Å². The van der Waals surface area contributed by atoms with Crippen molar-refractivity contribution in [1.29, 1.82) is 0 Å². The van der Waals surface area contributed by atoms with Crippen LogP contribution >= 0.6 is 7.60 Å². The number of carbonyl (C=O) groups excluding carboxylic acids is 1. The number of nitrogens with one attached hydrogen (secondary N) is 2. The maximum atomic E-state index is 13.4. The topological polar surface area (TPSA) is 117 Å². The summed E-state index contributed by atoms with van der Waals surface area (Å²) in [6.07, 6.45) is 12.2. The highest BCUT2D eigenvalue weighted by atomic mass is 31.2. The summed E-state index contributed by atoms with van der Waals surface area (Å²) in [5, 5.41) is 14.2. The van der Waals surface area contributed by atoms with Crippen molar-refractivity contribution in [3.8, 4) is 142 Å². The highest BCUT2D eigenvalue weighted by molar-refractivity contribution is 7.52. The summed E-state index contributed by atoms with van der Waals surface area (Å²) in [5.74, 6) is 58.9. The third-order valence-corrected chi connectivity index (χ3v) is 11.3. The molecule has 5 atom stereocenters. The van der Waals surface area contributed by atoms with Crippen molar-refractivity contribution >= 4 is 13.5 Å². The number of hydrogen-bond donors (Lipinski definition) is 3. The number of aliphatic hydroxyl groups is 1. The fourth-order valence-electron chi connectivity index (χ4n) is 6.39. The van der Waals surface area contributed by atoms with Crippen LogP contribution in [-0.4, -0.2) is 93.4 Å². The van der Waals surface area contributed by atoms with E-state index < -0.39 is 43.6 Å². The Labute approximate surface area is 465 Å². The van der Waals surface area contributed by atoms with Gasteiger partial charge in [-0.05, 0) is 157 Å². The minimum absolute atomic E-state index is 0. The first kappa shape index (κ1) is 65.1. The van der Waals surface area contributed by atoms with Crippen LogP contribution < -0.4 is 10.2 Å². The largest absolute Gasteiger partial charge is 0.390 e. The van der Waals surface area contributed by atoms with Crippen molar-refractivity contribution in [1.82, 2.24) is 5.32 Å². The molecule has 1 aliphatic heterocycles. The number of ether oxygens (including phenoxy) is 3. The molecule has 1 aliphatic rings. The molecule has 1 saturated heterocycles. The van der Waals surface area contributed by atoms with E-state index in [2.05, 4.69) is 175 Å². The second-order valence-electron chi connectivity index (χ2n) is 16.7. The lowest BCUT2D eigenvalue weighted by molar-refractivity contribution is -0.894. The first-order chi connectivity index (χ1) is 34.2. The molecular formula is C60H124N2O8P+. The number of amides is 1. The summed E-state index contributed by atoms with van der Waals surface area (Å²) >= 11 is 0. The fraction of sp³-hybridized carbons (Fsp3) is 0.583. The highest BCUT2D eigenvalue weighted by Crippen LogP contribution is 2.44. The van der Waals surface area contributed by atoms with Crippen LogP contribution in [0.1, 0.15) is 180 Å². The van der Waals surface area contributed by atoms with Gasteiger partial charge in [0.2, 0.25) is 0 Å². The molecule has 0 aromatic carbocycles. The van der Waals surface area contributed by atoms with Crippen LogP contribution in [0.5, 0.6) is 0 Å². The standard InChI is InChI=1S/C54H60NO8P.C6H15N.24H2/c1-8-10-12-14-16-18-20-22-23-24-25-26-27-28-29-30-31-32-34-36-38-40-42-44-52(57)55-50(47-61-64(7,58)60-46-49-45-59-54(5,6)63-49)53(62-48(3)4)51(56)43-41-39-37-35-33-21-19-17-15-13-11-9-2;1-4-7(5-2)6-3;;;;;;;;;;;;;;;;;;;;;;;;/h48-51,53,56H,9,11,13,15,17,19,21,33,35,37,39,41,43,45-47H2,1-7H3,(H,55,57);4-6H2,1-3H3;24*1H/p+1/t49-,50+,51-,53+,64?;;;;;;;;;;;;;;;;;;;;;;;;;/m1........................./s1. The molecule has 1 unspecified atom stereocenters. The Morgan fingerprint density at radius 3 is 1.45 bits per heavy atom. The molecule has 0 bridgehead atoms. The smallest absolute Gasteiger partial charge is 0.327 e. The van der Waals surface area contributed by atoms with Crippen molar-refractivity contribution in [3.63, 3.8) is 0 Å². The Morgan fingerprint density at radius 1 is 0.676 bits per heavy atom. The molecule has 1 amide bonds. The van der Waals surface area contributed by atoms with Gasteiger partial charge in [0.15, 0.2) is 5.79 Å². The van der Waals surface area contributed by atoms with E-state index in [-0.39, 0.29) is 60.2 Å². The van der Waals surface area contributed by atoms with E-state index in [1.165, 1.54) is 77.7 Å². The Balaban J connectivity index is -0.0000000649. The van der Waals surface area contributed by atoms with E-state index >= 15 is 0 Å². The minimum atomic E-state index is -3.64. The third-order valence-electron chi connectivity index (χ3n) is 10.0. The molecule has 0 aliphatic carbocycles. The van der Waals surface area contributed by atoms with Crippen LogP contribution in [-0.2, 0) is 32.6 Å². The zero-order valence-corrected chi connectivity index (χ0v) is 45.0. The SMILES string of the molecule is CC#CC#CC#CC#CC#CC#CC#CC#CC#CC#CC#CC#CC(=O)N[C@@H](COP(C)(=O)OC[C@H]1COC(C)(C)O1)[C@H](OC(C)C)[C@H](O)CCCCCCCCCCCCCC.CC[NH+](CC)CC.[HH].[HH].[HH].[HH].[HH].[HH].[HH].[HH].[HH].[HH].[HH].[HH].[HH].[HH].[HH].[HH].[HH].[HH].[HH].[HH].[HH].[HH].[HH].[HH]. The van der Waals surface area contributed by atoms with Gasteiger partial charge in [-0.25, -0.2) is 0 Å². The summed E-state index contributed by atoms with van der Waals surface area (Å²) in [4.78, 5) is 14.7. The molecule has 0 aromatic heterocycles. The van der Waals surface area contributed by atoms with Gasteiger partial charge >= 0.3 is 7.60 Å². The van der Waals surface area contributed by atoms with E-state index in [9.17, 15) is 14.5 Å². The quantitative estimate of drug-likeness (QED) is 0.0423. The van der Waals surface area contributed by atoms with Gasteiger partial charge in [-0.2, -0.15) is 0 Å². The summed E-state index contributed by atoms with van der Waals surface area (Å²) in [7, 11) is -3.64. The number of quaternary nitrogens is 1. The Hall–Kier alpha value is -5.86. The molecule has 71 heavy (non-hydrogen) atoms. The lowest BCUT2D eigenvalue weighted by Gasteiger charge is -2.33. The van der Waals surface area contributed by atoms with Gasteiger partial charge in [0.05, 0.1) is 57.7 Å². The monoisotopic (exact) mass is 1030 g/mol. The van der Waals surface area contributed by atoms with Crippen molar-refractivity contribution in [2.75, 3.05) is 46.1 Å². The molecule has 3 N–H and O–H groups in total. The Bertz CT molecular complexity index is 2510. The lowest BCUT2D eigenvalue weighted by atomic mass is 9.99. The molecule has 11 heteroatoms. The molecular weight excluding hydrogens is 908 g/mol. The average molecular weight is 1030 g/mol. The zero-order chi connectivity index (χ0) is 52.7. The highest BCUT2D eigenvalue weighted by Gasteiger charge is 2.36.